The topological polar surface area (TPSA) is 152 Å². The maximum absolute atomic E-state index is 10.7. The molecule has 1 saturated heterocycles. The molecule has 2 aromatic rings. The third-order valence-electron chi connectivity index (χ3n) is 4.09. The van der Waals surface area contributed by atoms with Gasteiger partial charge in [0, 0.05) is 0 Å². The molecule has 4 atom stereocenters. The van der Waals surface area contributed by atoms with Crippen LogP contribution in [0.5, 0.6) is 0 Å². The highest BCUT2D eigenvalue weighted by molar-refractivity contribution is 5.81. The van der Waals surface area contributed by atoms with Crippen LogP contribution in [0.15, 0.2) is 18.5 Å². The van der Waals surface area contributed by atoms with Gasteiger partial charge in [-0.25, -0.2) is 4.98 Å². The fourth-order valence-electron chi connectivity index (χ4n) is 2.91. The summed E-state index contributed by atoms with van der Waals surface area (Å²) in [6.45, 7) is -0.436. The Balaban J connectivity index is 1.93. The van der Waals surface area contributed by atoms with Crippen molar-refractivity contribution in [3.8, 4) is 0 Å². The van der Waals surface area contributed by atoms with E-state index in [0.29, 0.717) is 5.52 Å². The molecule has 0 radical (unpaired) electrons. The zero-order chi connectivity index (χ0) is 14.8. The largest absolute Gasteiger partial charge is 0.394 e. The summed E-state index contributed by atoms with van der Waals surface area (Å²) in [6, 6.07) is 0. The maximum atomic E-state index is 10.7. The number of aromatic nitrogens is 5. The van der Waals surface area contributed by atoms with Gasteiger partial charge in [-0.3, -0.25) is 4.57 Å². The first-order valence-electron chi connectivity index (χ1n) is 6.25. The van der Waals surface area contributed by atoms with Crippen LogP contribution in [0.3, 0.4) is 0 Å². The molecular formula is C11H12N6O4. The molecule has 0 spiro atoms. The van der Waals surface area contributed by atoms with Crippen molar-refractivity contribution >= 4 is 17.0 Å². The van der Waals surface area contributed by atoms with Crippen LogP contribution in [0.1, 0.15) is 0 Å². The second-order valence-corrected chi connectivity index (χ2v) is 5.10. The van der Waals surface area contributed by atoms with Gasteiger partial charge in [0.1, 0.15) is 18.5 Å². The predicted octanol–water partition coefficient (Wildman–Crippen LogP) is -2.49. The van der Waals surface area contributed by atoms with Gasteiger partial charge in [0.05, 0.1) is 6.61 Å². The number of nitrogen functional groups attached to an aromatic ring is 1. The monoisotopic (exact) mass is 292 g/mol. The lowest BCUT2D eigenvalue weighted by Gasteiger charge is -2.44. The summed E-state index contributed by atoms with van der Waals surface area (Å²) in [4.78, 5) is 4.09. The zero-order valence-corrected chi connectivity index (χ0v) is 10.7. The SMILES string of the molecule is Nc1nnnc2c1ncn2[C@@]12C=C[C@@]1(O)[C@H](O)[C@@H](CO)O2. The van der Waals surface area contributed by atoms with Crippen LogP contribution in [0.4, 0.5) is 5.82 Å². The van der Waals surface area contributed by atoms with E-state index in [2.05, 4.69) is 20.4 Å². The van der Waals surface area contributed by atoms with E-state index in [1.54, 1.807) is 6.08 Å². The minimum Gasteiger partial charge on any atom is -0.394 e. The van der Waals surface area contributed by atoms with Gasteiger partial charge in [-0.05, 0) is 17.4 Å². The molecule has 1 aliphatic carbocycles. The average Bonchev–Trinajstić information content (AvgIpc) is 2.96. The number of fused-ring (bicyclic) bond motifs is 2. The molecule has 1 fully saturated rings. The Morgan fingerprint density at radius 2 is 2.19 bits per heavy atom. The Bertz CT molecular complexity index is 762. The van der Waals surface area contributed by atoms with E-state index in [9.17, 15) is 15.3 Å². The average molecular weight is 292 g/mol. The molecule has 5 N–H and O–H groups in total. The highest BCUT2D eigenvalue weighted by Gasteiger charge is 2.69. The third-order valence-corrected chi connectivity index (χ3v) is 4.09. The van der Waals surface area contributed by atoms with Crippen molar-refractivity contribution in [3.63, 3.8) is 0 Å². The Morgan fingerprint density at radius 3 is 2.86 bits per heavy atom. The normalized spacial score (nSPS) is 37.7. The van der Waals surface area contributed by atoms with Gasteiger partial charge >= 0.3 is 0 Å². The minimum atomic E-state index is -1.69. The first-order chi connectivity index (χ1) is 10.0. The summed E-state index contributed by atoms with van der Waals surface area (Å²) in [5, 5.41) is 41.0. The Labute approximate surface area is 117 Å². The molecule has 0 bridgehead atoms. The summed E-state index contributed by atoms with van der Waals surface area (Å²) in [6.07, 6.45) is 2.13. The standard InChI is InChI=1S/C11H12N6O4/c12-8-6-9(15-16-14-8)17(4-13-6)11-2-1-10(11,20)7(19)5(3-18)21-11/h1-2,4-5,7,18-20H,3H2,(H2,12,14,15)/t5-,7-,10-,11-/m1/s1. The molecule has 2 aromatic heterocycles. The van der Waals surface area contributed by atoms with E-state index in [1.807, 2.05) is 0 Å². The number of hydrogen-bond acceptors (Lipinski definition) is 9. The van der Waals surface area contributed by atoms with Crippen LogP contribution in [0, 0.1) is 0 Å². The number of anilines is 1. The molecule has 21 heavy (non-hydrogen) atoms. The highest BCUT2D eigenvalue weighted by atomic mass is 16.6. The lowest BCUT2D eigenvalue weighted by molar-refractivity contribution is -0.159. The van der Waals surface area contributed by atoms with Crippen molar-refractivity contribution in [1.29, 1.82) is 0 Å². The van der Waals surface area contributed by atoms with Crippen molar-refractivity contribution in [2.75, 3.05) is 12.3 Å². The van der Waals surface area contributed by atoms with E-state index in [4.69, 9.17) is 10.5 Å². The van der Waals surface area contributed by atoms with Crippen molar-refractivity contribution < 1.29 is 20.1 Å². The molecule has 0 aromatic carbocycles. The number of rotatable bonds is 2. The van der Waals surface area contributed by atoms with Gasteiger partial charge in [-0.2, -0.15) is 0 Å². The molecule has 0 unspecified atom stereocenters. The smallest absolute Gasteiger partial charge is 0.202 e. The first kappa shape index (κ1) is 12.6. The van der Waals surface area contributed by atoms with Crippen LogP contribution in [0.25, 0.3) is 11.2 Å². The van der Waals surface area contributed by atoms with E-state index in [0.717, 1.165) is 0 Å². The number of ether oxygens (including phenoxy) is 1. The van der Waals surface area contributed by atoms with Gasteiger partial charge in [-0.1, -0.05) is 0 Å². The first-order valence-corrected chi connectivity index (χ1v) is 6.25. The van der Waals surface area contributed by atoms with Crippen molar-refractivity contribution in [2.24, 2.45) is 0 Å². The number of hydrogen-bond donors (Lipinski definition) is 4. The zero-order valence-electron chi connectivity index (χ0n) is 10.7. The molecule has 4 rings (SSSR count). The number of aliphatic hydroxyl groups excluding tert-OH is 2. The second kappa shape index (κ2) is 3.74. The highest BCUT2D eigenvalue weighted by Crippen LogP contribution is 2.52. The number of imidazole rings is 1. The van der Waals surface area contributed by atoms with Gasteiger partial charge in [0.25, 0.3) is 0 Å². The van der Waals surface area contributed by atoms with Crippen LogP contribution < -0.4 is 5.73 Å². The summed E-state index contributed by atoms with van der Waals surface area (Å²) >= 11 is 0. The fourth-order valence-corrected chi connectivity index (χ4v) is 2.91. The summed E-state index contributed by atoms with van der Waals surface area (Å²) < 4.78 is 7.08. The summed E-state index contributed by atoms with van der Waals surface area (Å²) in [7, 11) is 0. The van der Waals surface area contributed by atoms with Crippen LogP contribution in [-0.4, -0.2) is 64.7 Å². The fraction of sp³-hybridized carbons (Fsp3) is 0.455. The molecule has 1 aliphatic heterocycles. The lowest BCUT2D eigenvalue weighted by Crippen LogP contribution is -2.60. The van der Waals surface area contributed by atoms with Crippen molar-refractivity contribution in [2.45, 2.75) is 23.5 Å². The van der Waals surface area contributed by atoms with Crippen molar-refractivity contribution in [3.05, 3.63) is 18.5 Å². The molecular weight excluding hydrogens is 280 g/mol. The summed E-state index contributed by atoms with van der Waals surface area (Å²) in [5.41, 5.74) is 3.16. The summed E-state index contributed by atoms with van der Waals surface area (Å²) in [5.74, 6) is 0.0965. The van der Waals surface area contributed by atoms with Gasteiger partial charge in [0.15, 0.2) is 22.6 Å². The van der Waals surface area contributed by atoms with Crippen LogP contribution in [-0.2, 0) is 10.5 Å². The Morgan fingerprint density at radius 1 is 1.38 bits per heavy atom. The quantitative estimate of drug-likeness (QED) is 0.440. The number of nitrogens with zero attached hydrogens (tertiary/aromatic N) is 5. The molecule has 0 saturated carbocycles. The second-order valence-electron chi connectivity index (χ2n) is 5.10. The third kappa shape index (κ3) is 1.25. The molecule has 2 aliphatic rings. The van der Waals surface area contributed by atoms with E-state index in [1.165, 1.54) is 17.0 Å². The van der Waals surface area contributed by atoms with Crippen molar-refractivity contribution in [1.82, 2.24) is 25.0 Å². The Kier molecular flexibility index (Phi) is 2.24. The van der Waals surface area contributed by atoms with Gasteiger partial charge in [0.2, 0.25) is 5.72 Å². The predicted molar refractivity (Wildman–Crippen MR) is 67.6 cm³/mol. The van der Waals surface area contributed by atoms with E-state index >= 15 is 0 Å². The molecule has 10 heteroatoms. The Hall–Kier alpha value is -2.14. The van der Waals surface area contributed by atoms with Crippen LogP contribution in [0.2, 0.25) is 0 Å². The molecule has 110 valence electrons. The number of aliphatic hydroxyl groups is 3. The van der Waals surface area contributed by atoms with Gasteiger partial charge < -0.3 is 25.8 Å². The lowest BCUT2D eigenvalue weighted by atomic mass is 9.76. The van der Waals surface area contributed by atoms with E-state index < -0.39 is 30.1 Å². The minimum absolute atomic E-state index is 0.0965. The molecule has 10 nitrogen and oxygen atoms in total. The van der Waals surface area contributed by atoms with Gasteiger partial charge in [-0.15, -0.1) is 10.2 Å². The number of nitrogens with two attached hydrogens (primary N) is 1. The molecule has 3 heterocycles. The molecule has 0 amide bonds. The maximum Gasteiger partial charge on any atom is 0.202 e. The van der Waals surface area contributed by atoms with Crippen LogP contribution >= 0.6 is 0 Å². The van der Waals surface area contributed by atoms with E-state index in [-0.39, 0.29) is 11.5 Å².